The van der Waals surface area contributed by atoms with E-state index in [2.05, 4.69) is 17.2 Å². The molecule has 0 aromatic carbocycles. The maximum Gasteiger partial charge on any atom is 0.283 e. The van der Waals surface area contributed by atoms with Gasteiger partial charge in [-0.05, 0) is 25.3 Å². The Balaban J connectivity index is 1.70. The zero-order valence-corrected chi connectivity index (χ0v) is 15.5. The molecular weight excluding hydrogens is 366 g/mol. The highest BCUT2D eigenvalue weighted by molar-refractivity contribution is 5.93. The highest BCUT2D eigenvalue weighted by atomic mass is 16.5. The number of hydrogen-bond acceptors (Lipinski definition) is 7. The fourth-order valence-corrected chi connectivity index (χ4v) is 2.38. The lowest BCUT2D eigenvalue weighted by atomic mass is 10.2. The molecule has 150 valence electrons. The minimum atomic E-state index is -0.686. The van der Waals surface area contributed by atoms with Gasteiger partial charge in [0.25, 0.3) is 17.4 Å². The van der Waals surface area contributed by atoms with E-state index in [0.717, 1.165) is 11.1 Å². The predicted octanol–water partition coefficient (Wildman–Crippen LogP) is -0.478. The lowest BCUT2D eigenvalue weighted by Crippen LogP contribution is -2.40. The molecule has 10 nitrogen and oxygen atoms in total. The average molecular weight is 389 g/mol. The molecule has 2 amide bonds. The zero-order chi connectivity index (χ0) is 20.7. The number of carbonyl (C=O) groups excluding carboxylic acids is 2. The number of rotatable bonds is 8. The first-order valence-corrected chi connectivity index (χ1v) is 8.54. The van der Waals surface area contributed by atoms with Crippen LogP contribution in [0.4, 0.5) is 0 Å². The summed E-state index contributed by atoms with van der Waals surface area (Å²) in [6.45, 7) is 5.22. The number of likely N-dealkylation sites (N-methyl/N-ethyl adjacent to an activating group) is 1. The van der Waals surface area contributed by atoms with Gasteiger partial charge in [-0.25, -0.2) is 5.06 Å². The molecule has 2 heterocycles. The third-order valence-electron chi connectivity index (χ3n) is 4.00. The molecule has 1 aliphatic heterocycles. The summed E-state index contributed by atoms with van der Waals surface area (Å²) in [5.41, 5.74) is -0.450. The van der Waals surface area contributed by atoms with E-state index in [9.17, 15) is 24.8 Å². The monoisotopic (exact) mass is 389 g/mol. The van der Waals surface area contributed by atoms with E-state index in [4.69, 9.17) is 0 Å². The van der Waals surface area contributed by atoms with Gasteiger partial charge in [0.2, 0.25) is 0 Å². The predicted molar refractivity (Wildman–Crippen MR) is 101 cm³/mol. The number of allylic oxidation sites excluding steroid dienone is 3. The van der Waals surface area contributed by atoms with Crippen LogP contribution in [0.1, 0.15) is 10.5 Å². The van der Waals surface area contributed by atoms with Crippen LogP contribution in [0.5, 0.6) is 0 Å². The molecule has 2 rings (SSSR count). The van der Waals surface area contributed by atoms with Crippen molar-refractivity contribution in [1.29, 1.82) is 0 Å². The van der Waals surface area contributed by atoms with E-state index < -0.39 is 17.4 Å². The van der Waals surface area contributed by atoms with Gasteiger partial charge in [-0.3, -0.25) is 19.6 Å². The lowest BCUT2D eigenvalue weighted by Gasteiger charge is -2.22. The summed E-state index contributed by atoms with van der Waals surface area (Å²) in [5.74, 6) is -0.998. The first-order chi connectivity index (χ1) is 13.3. The van der Waals surface area contributed by atoms with Crippen molar-refractivity contribution in [3.63, 3.8) is 0 Å². The topological polar surface area (TPSA) is 127 Å². The Bertz CT molecular complexity index is 873. The van der Waals surface area contributed by atoms with Crippen LogP contribution in [-0.2, 0) is 4.79 Å². The van der Waals surface area contributed by atoms with E-state index in [0.29, 0.717) is 30.1 Å². The van der Waals surface area contributed by atoms with Crippen LogP contribution < -0.4 is 16.2 Å². The molecule has 0 radical (unpaired) electrons. The van der Waals surface area contributed by atoms with Crippen LogP contribution in [0.3, 0.4) is 0 Å². The number of pyridine rings is 1. The second-order valence-electron chi connectivity index (χ2n) is 6.09. The van der Waals surface area contributed by atoms with Gasteiger partial charge in [0.05, 0.1) is 5.70 Å². The molecule has 0 saturated heterocycles. The van der Waals surface area contributed by atoms with Crippen molar-refractivity contribution in [2.45, 2.75) is 0 Å². The summed E-state index contributed by atoms with van der Waals surface area (Å²) < 4.78 is 0.294. The van der Waals surface area contributed by atoms with Crippen LogP contribution >= 0.6 is 0 Å². The fourth-order valence-electron chi connectivity index (χ4n) is 2.38. The van der Waals surface area contributed by atoms with Crippen LogP contribution in [0.15, 0.2) is 59.2 Å². The van der Waals surface area contributed by atoms with E-state index in [-0.39, 0.29) is 17.9 Å². The SMILES string of the molecule is C=C1C=CC=C(C(=O)NCCN(C)CCNC(=O)c2cccc(=O)n2O)N1O. The van der Waals surface area contributed by atoms with Gasteiger partial charge in [0.1, 0.15) is 11.4 Å². The van der Waals surface area contributed by atoms with Crippen LogP contribution in [0.25, 0.3) is 0 Å². The van der Waals surface area contributed by atoms with Gasteiger partial charge >= 0.3 is 0 Å². The second-order valence-corrected chi connectivity index (χ2v) is 6.09. The number of hydrogen-bond donors (Lipinski definition) is 4. The van der Waals surface area contributed by atoms with Crippen molar-refractivity contribution < 1.29 is 20.0 Å². The number of hydroxylamine groups is 2. The smallest absolute Gasteiger partial charge is 0.283 e. The molecule has 1 aromatic heterocycles. The standard InChI is InChI=1S/C18H23N5O5/c1-13-5-3-6-14(22(13)27)17(25)19-9-11-21(2)12-10-20-18(26)15-7-4-8-16(24)23(15)28/h3-8,27-28H,1,9-12H2,2H3,(H,19,25)(H,20,26). The zero-order valence-electron chi connectivity index (χ0n) is 15.5. The molecule has 10 heteroatoms. The molecule has 0 spiro atoms. The van der Waals surface area contributed by atoms with Crippen molar-refractivity contribution in [2.24, 2.45) is 0 Å². The summed E-state index contributed by atoms with van der Waals surface area (Å²) in [7, 11) is 1.81. The molecule has 0 saturated carbocycles. The Morgan fingerprint density at radius 3 is 2.46 bits per heavy atom. The van der Waals surface area contributed by atoms with Crippen molar-refractivity contribution >= 4 is 11.8 Å². The van der Waals surface area contributed by atoms with Crippen LogP contribution in [0, 0.1) is 0 Å². The highest BCUT2D eigenvalue weighted by Crippen LogP contribution is 2.14. The molecule has 4 N–H and O–H groups in total. The van der Waals surface area contributed by atoms with E-state index in [1.54, 1.807) is 12.2 Å². The summed E-state index contributed by atoms with van der Waals surface area (Å²) >= 11 is 0. The molecule has 0 fully saturated rings. The minimum absolute atomic E-state index is 0.0836. The largest absolute Gasteiger partial charge is 0.425 e. The van der Waals surface area contributed by atoms with Crippen molar-refractivity contribution in [3.8, 4) is 0 Å². The van der Waals surface area contributed by atoms with E-state index >= 15 is 0 Å². The fraction of sp³-hybridized carbons (Fsp3) is 0.278. The summed E-state index contributed by atoms with van der Waals surface area (Å²) in [5, 5.41) is 25.3. The van der Waals surface area contributed by atoms with E-state index in [1.165, 1.54) is 18.2 Å². The number of nitrogens with zero attached hydrogens (tertiary/aromatic N) is 3. The Morgan fingerprint density at radius 1 is 1.14 bits per heavy atom. The summed E-state index contributed by atoms with van der Waals surface area (Å²) in [6.07, 6.45) is 4.68. The number of nitrogens with one attached hydrogen (secondary N) is 2. The Labute approximate surface area is 161 Å². The van der Waals surface area contributed by atoms with Gasteiger partial charge in [0.15, 0.2) is 0 Å². The normalized spacial score (nSPS) is 13.5. The minimum Gasteiger partial charge on any atom is -0.425 e. The van der Waals surface area contributed by atoms with Crippen LogP contribution in [0.2, 0.25) is 0 Å². The maximum atomic E-state index is 12.1. The number of carbonyl (C=O) groups is 2. The molecule has 0 unspecified atom stereocenters. The number of aromatic nitrogens is 1. The van der Waals surface area contributed by atoms with Gasteiger partial charge in [-0.2, -0.15) is 0 Å². The molecule has 28 heavy (non-hydrogen) atoms. The first-order valence-electron chi connectivity index (χ1n) is 8.54. The van der Waals surface area contributed by atoms with Gasteiger partial charge in [-0.1, -0.05) is 18.7 Å². The lowest BCUT2D eigenvalue weighted by molar-refractivity contribution is -0.123. The Kier molecular flexibility index (Phi) is 7.13. The third-order valence-corrected chi connectivity index (χ3v) is 4.00. The molecule has 1 aliphatic rings. The van der Waals surface area contributed by atoms with Crippen molar-refractivity contribution in [2.75, 3.05) is 33.2 Å². The quantitative estimate of drug-likeness (QED) is 0.442. The average Bonchev–Trinajstić information content (AvgIpc) is 2.66. The van der Waals surface area contributed by atoms with Crippen LogP contribution in [-0.4, -0.2) is 70.1 Å². The maximum absolute atomic E-state index is 12.1. The molecular formula is C18H23N5O5. The van der Waals surface area contributed by atoms with Crippen molar-refractivity contribution in [1.82, 2.24) is 25.3 Å². The highest BCUT2D eigenvalue weighted by Gasteiger charge is 2.18. The summed E-state index contributed by atoms with van der Waals surface area (Å²) in [6, 6.07) is 3.87. The molecule has 0 aliphatic carbocycles. The Morgan fingerprint density at radius 2 is 1.79 bits per heavy atom. The van der Waals surface area contributed by atoms with Gasteiger partial charge in [0, 0.05) is 32.2 Å². The van der Waals surface area contributed by atoms with Crippen molar-refractivity contribution in [3.05, 3.63) is 70.4 Å². The Hall–Kier alpha value is -3.37. The molecule has 0 atom stereocenters. The number of amides is 2. The first kappa shape index (κ1) is 20.9. The van der Waals surface area contributed by atoms with Gasteiger partial charge in [-0.15, -0.1) is 4.73 Å². The van der Waals surface area contributed by atoms with E-state index in [1.807, 2.05) is 11.9 Å². The second kappa shape index (κ2) is 9.53. The summed E-state index contributed by atoms with van der Waals surface area (Å²) in [4.78, 5) is 37.2. The van der Waals surface area contributed by atoms with Gasteiger partial charge < -0.3 is 20.7 Å². The molecule has 1 aromatic rings. The third kappa shape index (κ3) is 5.32. The molecule has 0 bridgehead atoms.